The van der Waals surface area contributed by atoms with Gasteiger partial charge in [0.25, 0.3) is 0 Å². The van der Waals surface area contributed by atoms with E-state index in [2.05, 4.69) is 19.9 Å². The van der Waals surface area contributed by atoms with Gasteiger partial charge in [0.05, 0.1) is 5.02 Å². The molecular formula is C10H10Cl2N4O2S. The minimum absolute atomic E-state index is 0.0424. The predicted octanol–water partition coefficient (Wildman–Crippen LogP) is 1.63. The van der Waals surface area contributed by atoms with Gasteiger partial charge in [-0.15, -0.1) is 0 Å². The van der Waals surface area contributed by atoms with Gasteiger partial charge in [-0.05, 0) is 18.2 Å². The minimum atomic E-state index is -3.70. The lowest BCUT2D eigenvalue weighted by Gasteiger charge is -2.08. The monoisotopic (exact) mass is 320 g/mol. The van der Waals surface area contributed by atoms with E-state index in [0.29, 0.717) is 17.3 Å². The zero-order valence-corrected chi connectivity index (χ0v) is 11.9. The molecule has 0 radical (unpaired) electrons. The Morgan fingerprint density at radius 2 is 2.11 bits per heavy atom. The summed E-state index contributed by atoms with van der Waals surface area (Å²) in [5, 5.41) is 6.74. The van der Waals surface area contributed by atoms with Crippen LogP contribution in [0.5, 0.6) is 0 Å². The number of nitrogens with one attached hydrogen (secondary N) is 2. The first-order chi connectivity index (χ1) is 8.99. The average Bonchev–Trinajstić information content (AvgIpc) is 2.85. The Labute approximate surface area is 120 Å². The SMILES string of the molecule is O=S(=O)(NCCc1ncn[nH]1)c1cc(Cl)ccc1Cl. The molecule has 2 N–H and O–H groups in total. The highest BCUT2D eigenvalue weighted by Crippen LogP contribution is 2.24. The molecule has 0 amide bonds. The highest BCUT2D eigenvalue weighted by molar-refractivity contribution is 7.89. The zero-order valence-electron chi connectivity index (χ0n) is 9.60. The number of aromatic amines is 1. The van der Waals surface area contributed by atoms with Gasteiger partial charge in [-0.3, -0.25) is 5.10 Å². The maximum atomic E-state index is 12.0. The predicted molar refractivity (Wildman–Crippen MR) is 71.7 cm³/mol. The van der Waals surface area contributed by atoms with Gasteiger partial charge in [0.2, 0.25) is 10.0 Å². The van der Waals surface area contributed by atoms with Crippen molar-refractivity contribution in [3.63, 3.8) is 0 Å². The normalized spacial score (nSPS) is 11.7. The molecule has 1 aromatic carbocycles. The highest BCUT2D eigenvalue weighted by Gasteiger charge is 2.17. The van der Waals surface area contributed by atoms with Crippen LogP contribution in [0, 0.1) is 0 Å². The summed E-state index contributed by atoms with van der Waals surface area (Å²) in [4.78, 5) is 3.85. The van der Waals surface area contributed by atoms with Crippen molar-refractivity contribution in [2.24, 2.45) is 0 Å². The van der Waals surface area contributed by atoms with Crippen LogP contribution in [0.15, 0.2) is 29.4 Å². The summed E-state index contributed by atoms with van der Waals surface area (Å²) in [5.74, 6) is 0.597. The Kier molecular flexibility index (Phi) is 4.41. The van der Waals surface area contributed by atoms with Crippen LogP contribution in [0.4, 0.5) is 0 Å². The first-order valence-electron chi connectivity index (χ1n) is 5.28. The van der Waals surface area contributed by atoms with Crippen LogP contribution in [-0.2, 0) is 16.4 Å². The van der Waals surface area contributed by atoms with Crippen molar-refractivity contribution in [1.29, 1.82) is 0 Å². The van der Waals surface area contributed by atoms with Gasteiger partial charge in [-0.1, -0.05) is 23.2 Å². The van der Waals surface area contributed by atoms with Crippen molar-refractivity contribution >= 4 is 33.2 Å². The van der Waals surface area contributed by atoms with E-state index in [1.54, 1.807) is 0 Å². The van der Waals surface area contributed by atoms with E-state index < -0.39 is 10.0 Å². The Bertz CT molecular complexity index is 658. The van der Waals surface area contributed by atoms with E-state index in [0.717, 1.165) is 0 Å². The molecule has 9 heteroatoms. The van der Waals surface area contributed by atoms with Crippen LogP contribution in [0.3, 0.4) is 0 Å². The molecule has 6 nitrogen and oxygen atoms in total. The number of hydrogen-bond acceptors (Lipinski definition) is 4. The molecule has 102 valence electrons. The van der Waals surface area contributed by atoms with E-state index in [1.165, 1.54) is 24.5 Å². The molecule has 0 aliphatic carbocycles. The van der Waals surface area contributed by atoms with E-state index >= 15 is 0 Å². The van der Waals surface area contributed by atoms with Crippen molar-refractivity contribution in [1.82, 2.24) is 19.9 Å². The number of H-pyrrole nitrogens is 1. The van der Waals surface area contributed by atoms with Crippen LogP contribution in [0.25, 0.3) is 0 Å². The molecule has 2 aromatic rings. The van der Waals surface area contributed by atoms with Gasteiger partial charge in [0.1, 0.15) is 17.0 Å². The lowest BCUT2D eigenvalue weighted by atomic mass is 10.4. The summed E-state index contributed by atoms with van der Waals surface area (Å²) in [6.07, 6.45) is 1.76. The Balaban J connectivity index is 2.07. The average molecular weight is 321 g/mol. The number of sulfonamides is 1. The summed E-state index contributed by atoms with van der Waals surface area (Å²) in [6.45, 7) is 0.181. The second-order valence-corrected chi connectivity index (χ2v) is 6.23. The molecule has 0 aliphatic rings. The van der Waals surface area contributed by atoms with Gasteiger partial charge in [-0.2, -0.15) is 5.10 Å². The third-order valence-electron chi connectivity index (χ3n) is 2.30. The largest absolute Gasteiger partial charge is 0.263 e. The molecule has 2 rings (SSSR count). The molecule has 0 spiro atoms. The number of nitrogens with zero attached hydrogens (tertiary/aromatic N) is 2. The van der Waals surface area contributed by atoms with Gasteiger partial charge >= 0.3 is 0 Å². The summed E-state index contributed by atoms with van der Waals surface area (Å²) in [7, 11) is -3.70. The second kappa shape index (κ2) is 5.87. The van der Waals surface area contributed by atoms with Gasteiger partial charge in [-0.25, -0.2) is 18.1 Å². The third kappa shape index (κ3) is 3.66. The van der Waals surface area contributed by atoms with Gasteiger partial charge in [0, 0.05) is 18.0 Å². The smallest absolute Gasteiger partial charge is 0.242 e. The number of hydrogen-bond donors (Lipinski definition) is 2. The molecule has 1 heterocycles. The zero-order chi connectivity index (χ0) is 13.9. The Morgan fingerprint density at radius 1 is 1.32 bits per heavy atom. The van der Waals surface area contributed by atoms with Crippen LogP contribution in [0.1, 0.15) is 5.82 Å². The fourth-order valence-corrected chi connectivity index (χ4v) is 3.21. The Hall–Kier alpha value is -1.15. The fraction of sp³-hybridized carbons (Fsp3) is 0.200. The van der Waals surface area contributed by atoms with Crippen LogP contribution < -0.4 is 4.72 Å². The van der Waals surface area contributed by atoms with Crippen LogP contribution >= 0.6 is 23.2 Å². The quantitative estimate of drug-likeness (QED) is 0.876. The van der Waals surface area contributed by atoms with Gasteiger partial charge < -0.3 is 0 Å². The Morgan fingerprint density at radius 3 is 2.79 bits per heavy atom. The molecule has 0 saturated heterocycles. The highest BCUT2D eigenvalue weighted by atomic mass is 35.5. The number of aromatic nitrogens is 3. The summed E-state index contributed by atoms with van der Waals surface area (Å²) in [5.41, 5.74) is 0. The topological polar surface area (TPSA) is 87.7 Å². The van der Waals surface area contributed by atoms with Crippen molar-refractivity contribution in [2.45, 2.75) is 11.3 Å². The van der Waals surface area contributed by atoms with Crippen LogP contribution in [0.2, 0.25) is 10.0 Å². The number of benzene rings is 1. The van der Waals surface area contributed by atoms with Crippen LogP contribution in [-0.4, -0.2) is 30.1 Å². The van der Waals surface area contributed by atoms with Crippen molar-refractivity contribution in [2.75, 3.05) is 6.54 Å². The maximum absolute atomic E-state index is 12.0. The minimum Gasteiger partial charge on any atom is -0.263 e. The standard InChI is InChI=1S/C10H10Cl2N4O2S/c11-7-1-2-8(12)9(5-7)19(17,18)15-4-3-10-13-6-14-16-10/h1-2,5-6,15H,3-4H2,(H,13,14,16). The van der Waals surface area contributed by atoms with E-state index in [1.807, 2.05) is 0 Å². The lowest BCUT2D eigenvalue weighted by Crippen LogP contribution is -2.26. The van der Waals surface area contributed by atoms with E-state index in [4.69, 9.17) is 23.2 Å². The maximum Gasteiger partial charge on any atom is 0.242 e. The molecule has 0 fully saturated rings. The summed E-state index contributed by atoms with van der Waals surface area (Å²) in [6, 6.07) is 4.27. The molecule has 0 saturated carbocycles. The first kappa shape index (κ1) is 14.3. The van der Waals surface area contributed by atoms with E-state index in [-0.39, 0.29) is 16.5 Å². The number of halogens is 2. The van der Waals surface area contributed by atoms with Crippen molar-refractivity contribution in [3.05, 3.63) is 40.4 Å². The molecule has 19 heavy (non-hydrogen) atoms. The molecule has 0 atom stereocenters. The molecule has 0 aliphatic heterocycles. The first-order valence-corrected chi connectivity index (χ1v) is 7.52. The summed E-state index contributed by atoms with van der Waals surface area (Å²) < 4.78 is 26.5. The fourth-order valence-electron chi connectivity index (χ4n) is 1.42. The molecule has 1 aromatic heterocycles. The number of rotatable bonds is 5. The lowest BCUT2D eigenvalue weighted by molar-refractivity contribution is 0.581. The van der Waals surface area contributed by atoms with Crippen molar-refractivity contribution in [3.8, 4) is 0 Å². The molecule has 0 unspecified atom stereocenters. The molecular weight excluding hydrogens is 311 g/mol. The third-order valence-corrected chi connectivity index (χ3v) is 4.48. The van der Waals surface area contributed by atoms with E-state index in [9.17, 15) is 8.42 Å². The second-order valence-electron chi connectivity index (χ2n) is 3.65. The molecule has 0 bridgehead atoms. The van der Waals surface area contributed by atoms with Crippen molar-refractivity contribution < 1.29 is 8.42 Å². The summed E-state index contributed by atoms with van der Waals surface area (Å²) >= 11 is 11.6. The van der Waals surface area contributed by atoms with Gasteiger partial charge in [0.15, 0.2) is 0 Å².